The van der Waals surface area contributed by atoms with Crippen LogP contribution in [0.5, 0.6) is 0 Å². The van der Waals surface area contributed by atoms with Crippen molar-refractivity contribution in [2.75, 3.05) is 27.2 Å². The van der Waals surface area contributed by atoms with Crippen LogP contribution in [0.2, 0.25) is 0 Å². The summed E-state index contributed by atoms with van der Waals surface area (Å²) in [6.45, 7) is 3.99. The van der Waals surface area contributed by atoms with E-state index in [-0.39, 0.29) is 12.6 Å². The highest BCUT2D eigenvalue weighted by Gasteiger charge is 2.29. The van der Waals surface area contributed by atoms with Crippen LogP contribution in [0, 0.1) is 17.7 Å². The number of urea groups is 1. The summed E-state index contributed by atoms with van der Waals surface area (Å²) in [6, 6.07) is 4.73. The van der Waals surface area contributed by atoms with Gasteiger partial charge < -0.3 is 15.5 Å². The van der Waals surface area contributed by atoms with E-state index < -0.39 is 12.2 Å². The minimum Gasteiger partial charge on any atom is -0.364 e. The van der Waals surface area contributed by atoms with Crippen molar-refractivity contribution in [3.8, 4) is 0 Å². The van der Waals surface area contributed by atoms with E-state index in [1.165, 1.54) is 4.90 Å². The molecular formula is C20H29FN6OS. The molecular weight excluding hydrogens is 391 g/mol. The molecule has 0 unspecified atom stereocenters. The highest BCUT2D eigenvalue weighted by molar-refractivity contribution is 8.26. The summed E-state index contributed by atoms with van der Waals surface area (Å²) < 4.78 is 13.9. The van der Waals surface area contributed by atoms with Crippen LogP contribution in [-0.4, -0.2) is 65.3 Å². The van der Waals surface area contributed by atoms with E-state index in [0.717, 1.165) is 22.9 Å². The lowest BCUT2D eigenvalue weighted by Crippen LogP contribution is -2.53. The molecule has 1 aliphatic rings. The Balaban J connectivity index is 2.23. The van der Waals surface area contributed by atoms with Gasteiger partial charge >= 0.3 is 6.03 Å². The molecule has 0 saturated carbocycles. The topological polar surface area (TPSA) is 109 Å². The number of nitrogens with one attached hydrogen (secondary N) is 3. The summed E-state index contributed by atoms with van der Waals surface area (Å²) in [5.74, 6) is 0.558. The number of thioether (sulfide) groups is 1. The number of hydrogen-bond acceptors (Lipinski definition) is 6. The maximum absolute atomic E-state index is 13.9. The number of piperidine rings is 1. The molecule has 1 aromatic carbocycles. The van der Waals surface area contributed by atoms with Gasteiger partial charge in [-0.1, -0.05) is 23.9 Å². The number of rotatable bonds is 4. The molecule has 158 valence electrons. The van der Waals surface area contributed by atoms with Crippen LogP contribution in [0.1, 0.15) is 30.0 Å². The maximum atomic E-state index is 13.9. The Morgan fingerprint density at radius 2 is 2.10 bits per heavy atom. The number of nitrogens with two attached hydrogens (primary N) is 1. The molecule has 0 spiro atoms. The van der Waals surface area contributed by atoms with Gasteiger partial charge in [0.1, 0.15) is 17.0 Å². The fourth-order valence-electron chi connectivity index (χ4n) is 2.87. The normalized spacial score (nSPS) is 19.7. The number of likely N-dealkylation sites (tertiary alicyclic amines) is 1. The predicted molar refractivity (Wildman–Crippen MR) is 118 cm³/mol. The Kier molecular flexibility index (Phi) is 7.80. The van der Waals surface area contributed by atoms with Crippen LogP contribution in [0.3, 0.4) is 0 Å². The van der Waals surface area contributed by atoms with E-state index in [9.17, 15) is 9.18 Å². The summed E-state index contributed by atoms with van der Waals surface area (Å²) >= 11 is 1.09. The third kappa shape index (κ3) is 6.30. The molecule has 5 N–H and O–H groups in total. The van der Waals surface area contributed by atoms with Crippen LogP contribution >= 0.6 is 11.8 Å². The Morgan fingerprint density at radius 1 is 1.41 bits per heavy atom. The predicted octanol–water partition coefficient (Wildman–Crippen LogP) is 2.99. The zero-order valence-electron chi connectivity index (χ0n) is 17.3. The highest BCUT2D eigenvalue weighted by Crippen LogP contribution is 2.20. The first kappa shape index (κ1) is 22.9. The summed E-state index contributed by atoms with van der Waals surface area (Å²) in [6.07, 6.45) is 1.04. The van der Waals surface area contributed by atoms with Gasteiger partial charge in [0.2, 0.25) is 0 Å². The van der Waals surface area contributed by atoms with Crippen molar-refractivity contribution in [3.05, 3.63) is 40.7 Å². The minimum absolute atomic E-state index is 0.0143. The molecule has 2 amide bonds. The number of alkyl halides is 1. The molecule has 1 aliphatic heterocycles. The van der Waals surface area contributed by atoms with Gasteiger partial charge in [-0.3, -0.25) is 16.1 Å². The van der Waals surface area contributed by atoms with E-state index in [4.69, 9.17) is 16.6 Å². The van der Waals surface area contributed by atoms with Gasteiger partial charge in [0.15, 0.2) is 0 Å². The van der Waals surface area contributed by atoms with Gasteiger partial charge in [-0.05, 0) is 43.5 Å². The molecule has 2 rings (SSSR count). The van der Waals surface area contributed by atoms with E-state index in [2.05, 4.69) is 5.32 Å². The van der Waals surface area contributed by atoms with E-state index in [1.54, 1.807) is 11.8 Å². The molecule has 0 aromatic heterocycles. The lowest BCUT2D eigenvalue weighted by molar-refractivity contribution is 0.130. The zero-order chi connectivity index (χ0) is 21.7. The second-order valence-corrected chi connectivity index (χ2v) is 8.55. The van der Waals surface area contributed by atoms with E-state index in [1.807, 2.05) is 45.3 Å². The average Bonchev–Trinajstić information content (AvgIpc) is 2.64. The Bertz CT molecular complexity index is 825. The quantitative estimate of drug-likeness (QED) is 0.443. The average molecular weight is 421 g/mol. The number of amides is 2. The second kappa shape index (κ2) is 9.89. The standard InChI is InChI=1S/C20H29FN6OS/c1-12-5-6-14(19(24)29-13(2)22)9-15(12)10-18(26(3)4)25-20(28)27-8-7-17(23)16(21)11-27/h5-6,9-10,16-17,22,24H,7-8,11,23H2,1-4H3,(H,25,28)/b18-10-,22-13?,24-19?/t16-,17-/m0/s1. The third-order valence-corrected chi connectivity index (χ3v) is 5.43. The first-order chi connectivity index (χ1) is 13.6. The minimum atomic E-state index is -1.22. The number of carbonyl (C=O) groups excluding carboxylic acids is 1. The van der Waals surface area contributed by atoms with Gasteiger partial charge in [0, 0.05) is 32.2 Å². The number of nitrogens with zero attached hydrogens (tertiary/aromatic N) is 2. The summed E-state index contributed by atoms with van der Waals surface area (Å²) in [4.78, 5) is 15.8. The summed E-state index contributed by atoms with van der Waals surface area (Å²) in [5, 5.41) is 19.2. The van der Waals surface area contributed by atoms with Gasteiger partial charge in [0.05, 0.1) is 11.6 Å². The van der Waals surface area contributed by atoms with Crippen molar-refractivity contribution in [3.63, 3.8) is 0 Å². The first-order valence-corrected chi connectivity index (χ1v) is 10.2. The van der Waals surface area contributed by atoms with Crippen molar-refractivity contribution in [2.45, 2.75) is 32.5 Å². The van der Waals surface area contributed by atoms with E-state index >= 15 is 0 Å². The Hall–Kier alpha value is -2.39. The van der Waals surface area contributed by atoms with Crippen molar-refractivity contribution in [1.29, 1.82) is 10.8 Å². The van der Waals surface area contributed by atoms with Crippen LogP contribution in [-0.2, 0) is 0 Å². The summed E-state index contributed by atoms with van der Waals surface area (Å²) in [5.41, 5.74) is 8.23. The maximum Gasteiger partial charge on any atom is 0.323 e. The number of halogens is 1. The molecule has 1 aromatic rings. The zero-order valence-corrected chi connectivity index (χ0v) is 18.1. The van der Waals surface area contributed by atoms with Crippen molar-refractivity contribution in [1.82, 2.24) is 15.1 Å². The van der Waals surface area contributed by atoms with E-state index in [0.29, 0.717) is 34.4 Å². The molecule has 29 heavy (non-hydrogen) atoms. The number of aryl methyl sites for hydroxylation is 1. The Labute approximate surface area is 175 Å². The number of hydrogen-bond donors (Lipinski definition) is 4. The Morgan fingerprint density at radius 3 is 2.69 bits per heavy atom. The fraction of sp³-hybridized carbons (Fsp3) is 0.450. The fourth-order valence-corrected chi connectivity index (χ4v) is 3.42. The molecule has 2 atom stereocenters. The first-order valence-electron chi connectivity index (χ1n) is 9.35. The summed E-state index contributed by atoms with van der Waals surface area (Å²) in [7, 11) is 3.62. The van der Waals surface area contributed by atoms with Crippen molar-refractivity contribution >= 4 is 34.0 Å². The SMILES string of the molecule is CC(=N)SC(=N)c1ccc(C)c(/C=C(/NC(=O)N2CC[C@H](N)[C@@H](F)C2)N(C)C)c1. The van der Waals surface area contributed by atoms with Gasteiger partial charge in [-0.2, -0.15) is 0 Å². The van der Waals surface area contributed by atoms with Crippen molar-refractivity contribution in [2.24, 2.45) is 5.73 Å². The third-order valence-electron chi connectivity index (χ3n) is 4.68. The lowest BCUT2D eigenvalue weighted by Gasteiger charge is -2.33. The number of carbonyl (C=O) groups is 1. The van der Waals surface area contributed by atoms with Crippen molar-refractivity contribution < 1.29 is 9.18 Å². The van der Waals surface area contributed by atoms with Crippen LogP contribution < -0.4 is 11.1 Å². The second-order valence-electron chi connectivity index (χ2n) is 7.33. The monoisotopic (exact) mass is 420 g/mol. The van der Waals surface area contributed by atoms with Gasteiger partial charge in [-0.15, -0.1) is 0 Å². The van der Waals surface area contributed by atoms with Crippen LogP contribution in [0.4, 0.5) is 9.18 Å². The molecule has 1 saturated heterocycles. The van der Waals surface area contributed by atoms with Crippen LogP contribution in [0.25, 0.3) is 6.08 Å². The molecule has 7 nitrogen and oxygen atoms in total. The molecule has 0 aliphatic carbocycles. The molecule has 0 radical (unpaired) electrons. The molecule has 1 heterocycles. The van der Waals surface area contributed by atoms with Crippen LogP contribution in [0.15, 0.2) is 24.0 Å². The highest BCUT2D eigenvalue weighted by atomic mass is 32.2. The lowest BCUT2D eigenvalue weighted by atomic mass is 10.0. The number of benzene rings is 1. The molecule has 9 heteroatoms. The van der Waals surface area contributed by atoms with Gasteiger partial charge in [0.25, 0.3) is 0 Å². The molecule has 1 fully saturated rings. The van der Waals surface area contributed by atoms with Gasteiger partial charge in [-0.25, -0.2) is 9.18 Å². The molecule has 0 bridgehead atoms. The largest absolute Gasteiger partial charge is 0.364 e. The smallest absolute Gasteiger partial charge is 0.323 e.